The van der Waals surface area contributed by atoms with Crippen LogP contribution in [0.4, 0.5) is 13.2 Å². The van der Waals surface area contributed by atoms with Crippen molar-refractivity contribution in [2.45, 2.75) is 25.1 Å². The number of alkyl halides is 3. The zero-order valence-electron chi connectivity index (χ0n) is 10.8. The lowest BCUT2D eigenvalue weighted by Crippen LogP contribution is -2.18. The Balaban J connectivity index is 1.99. The van der Waals surface area contributed by atoms with Gasteiger partial charge in [-0.3, -0.25) is 4.79 Å². The molecule has 0 unspecified atom stereocenters. The number of aromatic amines is 1. The minimum Gasteiger partial charge on any atom is -0.490 e. The van der Waals surface area contributed by atoms with E-state index >= 15 is 0 Å². The van der Waals surface area contributed by atoms with E-state index in [2.05, 4.69) is 4.98 Å². The second kappa shape index (κ2) is 4.91. The minimum absolute atomic E-state index is 0.0349. The molecule has 0 spiro atoms. The number of nitrogens with one attached hydrogen (secondary N) is 1. The molecule has 1 aromatic carbocycles. The number of H-pyrrole nitrogens is 1. The van der Waals surface area contributed by atoms with Crippen LogP contribution in [0, 0.1) is 0 Å². The van der Waals surface area contributed by atoms with E-state index in [4.69, 9.17) is 4.74 Å². The van der Waals surface area contributed by atoms with Crippen LogP contribution in [0.2, 0.25) is 0 Å². The molecule has 1 aliphatic rings. The smallest absolute Gasteiger partial charge is 0.449 e. The van der Waals surface area contributed by atoms with Gasteiger partial charge in [0.2, 0.25) is 5.82 Å². The molecule has 0 amide bonds. The number of ether oxygens (including phenoxy) is 1. The highest BCUT2D eigenvalue weighted by Gasteiger charge is 2.34. The van der Waals surface area contributed by atoms with E-state index in [1.165, 1.54) is 0 Å². The summed E-state index contributed by atoms with van der Waals surface area (Å²) in [5, 5.41) is 0. The number of hydrogen-bond acceptors (Lipinski definition) is 3. The Morgan fingerprint density at radius 1 is 1.24 bits per heavy atom. The maximum Gasteiger partial charge on any atom is 0.449 e. The molecular weight excluding hydrogens is 285 g/mol. The van der Waals surface area contributed by atoms with Crippen LogP contribution in [0.15, 0.2) is 35.1 Å². The predicted molar refractivity (Wildman–Crippen MR) is 68.9 cm³/mol. The van der Waals surface area contributed by atoms with Gasteiger partial charge in [0.1, 0.15) is 5.75 Å². The summed E-state index contributed by atoms with van der Waals surface area (Å²) in [6.07, 6.45) is -2.56. The van der Waals surface area contributed by atoms with Gasteiger partial charge >= 0.3 is 6.18 Å². The molecule has 0 bridgehead atoms. The quantitative estimate of drug-likeness (QED) is 0.947. The van der Waals surface area contributed by atoms with Crippen LogP contribution in [-0.4, -0.2) is 16.1 Å². The largest absolute Gasteiger partial charge is 0.490 e. The SMILES string of the molecule is O=c1cc(-c2cccc(OC3CC3)c2)nc(C(F)(F)F)[nH]1. The summed E-state index contributed by atoms with van der Waals surface area (Å²) < 4.78 is 43.6. The van der Waals surface area contributed by atoms with Gasteiger partial charge < -0.3 is 9.72 Å². The number of aromatic nitrogens is 2. The second-order valence-corrected chi connectivity index (χ2v) is 4.82. The Hall–Kier alpha value is -2.31. The first-order chi connectivity index (χ1) is 9.91. The zero-order valence-corrected chi connectivity index (χ0v) is 10.8. The minimum atomic E-state index is -4.70. The highest BCUT2D eigenvalue weighted by molar-refractivity contribution is 5.60. The number of halogens is 3. The van der Waals surface area contributed by atoms with Crippen molar-refractivity contribution in [1.82, 2.24) is 9.97 Å². The number of hydrogen-bond donors (Lipinski definition) is 1. The van der Waals surface area contributed by atoms with Gasteiger partial charge in [0, 0.05) is 11.6 Å². The summed E-state index contributed by atoms with van der Waals surface area (Å²) >= 11 is 0. The summed E-state index contributed by atoms with van der Waals surface area (Å²) in [6, 6.07) is 7.58. The molecule has 1 saturated carbocycles. The Kier molecular flexibility index (Phi) is 3.19. The fraction of sp³-hybridized carbons (Fsp3) is 0.286. The third kappa shape index (κ3) is 3.24. The molecule has 110 valence electrons. The van der Waals surface area contributed by atoms with Crippen LogP contribution in [0.25, 0.3) is 11.3 Å². The van der Waals surface area contributed by atoms with Gasteiger partial charge in [-0.1, -0.05) is 12.1 Å². The van der Waals surface area contributed by atoms with E-state index in [1.807, 2.05) is 0 Å². The van der Waals surface area contributed by atoms with E-state index in [0.717, 1.165) is 18.9 Å². The monoisotopic (exact) mass is 296 g/mol. The molecule has 1 fully saturated rings. The third-order valence-corrected chi connectivity index (χ3v) is 2.97. The molecule has 1 N–H and O–H groups in total. The molecule has 2 aromatic rings. The maximum absolute atomic E-state index is 12.7. The normalized spacial score (nSPS) is 15.0. The summed E-state index contributed by atoms with van der Waals surface area (Å²) in [4.78, 5) is 16.5. The number of rotatable bonds is 3. The van der Waals surface area contributed by atoms with E-state index < -0.39 is 17.6 Å². The summed E-state index contributed by atoms with van der Waals surface area (Å²) in [6.45, 7) is 0. The molecule has 7 heteroatoms. The average Bonchev–Trinajstić information content (AvgIpc) is 3.21. The molecule has 21 heavy (non-hydrogen) atoms. The first-order valence-electron chi connectivity index (χ1n) is 6.37. The molecule has 4 nitrogen and oxygen atoms in total. The summed E-state index contributed by atoms with van der Waals surface area (Å²) in [7, 11) is 0. The van der Waals surface area contributed by atoms with Crippen molar-refractivity contribution in [3.63, 3.8) is 0 Å². The summed E-state index contributed by atoms with van der Waals surface area (Å²) in [5.74, 6) is -0.746. The lowest BCUT2D eigenvalue weighted by molar-refractivity contribution is -0.145. The van der Waals surface area contributed by atoms with Crippen molar-refractivity contribution < 1.29 is 17.9 Å². The van der Waals surface area contributed by atoms with Gasteiger partial charge in [0.05, 0.1) is 11.8 Å². The molecule has 0 atom stereocenters. The Morgan fingerprint density at radius 3 is 2.67 bits per heavy atom. The van der Waals surface area contributed by atoms with Gasteiger partial charge in [-0.15, -0.1) is 0 Å². The topological polar surface area (TPSA) is 55.0 Å². The second-order valence-electron chi connectivity index (χ2n) is 4.82. The Morgan fingerprint density at radius 2 is 2.00 bits per heavy atom. The highest BCUT2D eigenvalue weighted by Crippen LogP contribution is 2.30. The van der Waals surface area contributed by atoms with Crippen molar-refractivity contribution in [2.24, 2.45) is 0 Å². The third-order valence-electron chi connectivity index (χ3n) is 2.97. The maximum atomic E-state index is 12.7. The van der Waals surface area contributed by atoms with Gasteiger partial charge in [0.15, 0.2) is 0 Å². The zero-order chi connectivity index (χ0) is 15.0. The molecule has 1 aliphatic carbocycles. The van der Waals surface area contributed by atoms with Crippen LogP contribution in [-0.2, 0) is 6.18 Å². The Bertz CT molecular complexity index is 721. The van der Waals surface area contributed by atoms with E-state index in [9.17, 15) is 18.0 Å². The standard InChI is InChI=1S/C14H11F3N2O2/c15-14(16,17)13-18-11(7-12(20)19-13)8-2-1-3-10(6-8)21-9-4-5-9/h1-3,6-7,9H,4-5H2,(H,18,19,20). The van der Waals surface area contributed by atoms with Crippen LogP contribution >= 0.6 is 0 Å². The van der Waals surface area contributed by atoms with Crippen molar-refractivity contribution in [3.8, 4) is 17.0 Å². The first kappa shape index (κ1) is 13.7. The average molecular weight is 296 g/mol. The number of benzene rings is 1. The van der Waals surface area contributed by atoms with Gasteiger partial charge in [-0.2, -0.15) is 13.2 Å². The highest BCUT2D eigenvalue weighted by atomic mass is 19.4. The molecular formula is C14H11F3N2O2. The fourth-order valence-electron chi connectivity index (χ4n) is 1.85. The van der Waals surface area contributed by atoms with Gasteiger partial charge in [-0.25, -0.2) is 4.98 Å². The molecule has 0 saturated heterocycles. The molecule has 0 aliphatic heterocycles. The fourth-order valence-corrected chi connectivity index (χ4v) is 1.85. The van der Waals surface area contributed by atoms with Crippen molar-refractivity contribution in [2.75, 3.05) is 0 Å². The van der Waals surface area contributed by atoms with Crippen molar-refractivity contribution >= 4 is 0 Å². The molecule has 0 radical (unpaired) electrons. The van der Waals surface area contributed by atoms with Crippen LogP contribution in [0.1, 0.15) is 18.7 Å². The number of nitrogens with zero attached hydrogens (tertiary/aromatic N) is 1. The lowest BCUT2D eigenvalue weighted by Gasteiger charge is -2.09. The van der Waals surface area contributed by atoms with E-state index in [1.54, 1.807) is 29.2 Å². The first-order valence-corrected chi connectivity index (χ1v) is 6.37. The van der Waals surface area contributed by atoms with E-state index in [-0.39, 0.29) is 11.8 Å². The predicted octanol–water partition coefficient (Wildman–Crippen LogP) is 3.00. The molecule has 1 aromatic heterocycles. The van der Waals surface area contributed by atoms with Gasteiger partial charge in [0.25, 0.3) is 5.56 Å². The van der Waals surface area contributed by atoms with Crippen molar-refractivity contribution in [3.05, 3.63) is 46.5 Å². The summed E-state index contributed by atoms with van der Waals surface area (Å²) in [5.41, 5.74) is -0.474. The lowest BCUT2D eigenvalue weighted by atomic mass is 10.1. The van der Waals surface area contributed by atoms with Crippen LogP contribution in [0.5, 0.6) is 5.75 Å². The molecule has 3 rings (SSSR count). The van der Waals surface area contributed by atoms with Crippen LogP contribution in [0.3, 0.4) is 0 Å². The molecule has 1 heterocycles. The van der Waals surface area contributed by atoms with Gasteiger partial charge in [-0.05, 0) is 25.0 Å². The van der Waals surface area contributed by atoms with Crippen LogP contribution < -0.4 is 10.3 Å². The van der Waals surface area contributed by atoms with Crippen molar-refractivity contribution in [1.29, 1.82) is 0 Å². The van der Waals surface area contributed by atoms with E-state index in [0.29, 0.717) is 11.3 Å². The Labute approximate surface area is 117 Å².